The highest BCUT2D eigenvalue weighted by Gasteiger charge is 2.20. The monoisotopic (exact) mass is 337 g/mol. The van der Waals surface area contributed by atoms with Gasteiger partial charge in [-0.3, -0.25) is 4.99 Å². The number of nitrogens with two attached hydrogens (primary N) is 1. The van der Waals surface area contributed by atoms with E-state index in [4.69, 9.17) is 10.5 Å². The summed E-state index contributed by atoms with van der Waals surface area (Å²) in [5.74, 6) is 0.439. The third kappa shape index (κ3) is 5.04. The van der Waals surface area contributed by atoms with E-state index in [1.165, 1.54) is 16.7 Å². The third-order valence-corrected chi connectivity index (χ3v) is 4.24. The number of hydrogen-bond donors (Lipinski definition) is 1. The maximum absolute atomic E-state index is 9.28. The average molecular weight is 337 g/mol. The minimum absolute atomic E-state index is 0.000213. The summed E-state index contributed by atoms with van der Waals surface area (Å²) in [6.07, 6.45) is 5.74. The molecule has 2 atom stereocenters. The van der Waals surface area contributed by atoms with Crippen LogP contribution in [-0.4, -0.2) is 12.3 Å². The van der Waals surface area contributed by atoms with Gasteiger partial charge in [0.05, 0.1) is 18.2 Å². The van der Waals surface area contributed by atoms with E-state index in [1.54, 1.807) is 0 Å². The highest BCUT2D eigenvalue weighted by Crippen LogP contribution is 2.31. The Morgan fingerprint density at radius 1 is 1.48 bits per heavy atom. The molecule has 4 heteroatoms. The quantitative estimate of drug-likeness (QED) is 0.350. The number of hydrogen-bond acceptors (Lipinski definition) is 4. The Kier molecular flexibility index (Phi) is 6.55. The average Bonchev–Trinajstić information content (AvgIpc) is 2.94. The van der Waals surface area contributed by atoms with Gasteiger partial charge in [-0.1, -0.05) is 37.8 Å². The van der Waals surface area contributed by atoms with Crippen molar-refractivity contribution in [3.63, 3.8) is 0 Å². The van der Waals surface area contributed by atoms with E-state index in [1.807, 2.05) is 33.1 Å². The second-order valence-corrected chi connectivity index (χ2v) is 6.76. The van der Waals surface area contributed by atoms with Crippen molar-refractivity contribution in [2.45, 2.75) is 52.3 Å². The van der Waals surface area contributed by atoms with Gasteiger partial charge in [-0.2, -0.15) is 5.26 Å². The second kappa shape index (κ2) is 8.64. The van der Waals surface area contributed by atoms with E-state index in [9.17, 15) is 5.26 Å². The normalized spacial score (nSPS) is 18.2. The first-order chi connectivity index (χ1) is 11.9. The molecule has 4 nitrogen and oxygen atoms in total. The molecule has 1 aliphatic carbocycles. The van der Waals surface area contributed by atoms with Crippen LogP contribution in [0.1, 0.15) is 49.9 Å². The van der Waals surface area contributed by atoms with Gasteiger partial charge < -0.3 is 10.5 Å². The van der Waals surface area contributed by atoms with E-state index in [0.717, 1.165) is 12.8 Å². The fraction of sp³-hybridized carbons (Fsp3) is 0.429. The molecule has 132 valence electrons. The molecule has 2 unspecified atom stereocenters. The lowest BCUT2D eigenvalue weighted by molar-refractivity contribution is 0.156. The summed E-state index contributed by atoms with van der Waals surface area (Å²) >= 11 is 0. The second-order valence-electron chi connectivity index (χ2n) is 6.76. The predicted octanol–water partition coefficient (Wildman–Crippen LogP) is 4.23. The van der Waals surface area contributed by atoms with Gasteiger partial charge in [-0.25, -0.2) is 0 Å². The molecule has 0 radical (unpaired) electrons. The van der Waals surface area contributed by atoms with Crippen molar-refractivity contribution in [2.24, 2.45) is 16.6 Å². The van der Waals surface area contributed by atoms with Crippen LogP contribution in [0.25, 0.3) is 0 Å². The molecule has 2 N–H and O–H groups in total. The van der Waals surface area contributed by atoms with Crippen molar-refractivity contribution < 1.29 is 4.74 Å². The van der Waals surface area contributed by atoms with Gasteiger partial charge in [0.15, 0.2) is 0 Å². The summed E-state index contributed by atoms with van der Waals surface area (Å²) in [5.41, 5.74) is 10.4. The van der Waals surface area contributed by atoms with Crippen LogP contribution >= 0.6 is 0 Å². The summed E-state index contributed by atoms with van der Waals surface area (Å²) < 4.78 is 5.50. The van der Waals surface area contributed by atoms with Gasteiger partial charge in [-0.05, 0) is 43.4 Å². The third-order valence-electron chi connectivity index (χ3n) is 4.24. The maximum Gasteiger partial charge on any atom is 0.129 e. The lowest BCUT2D eigenvalue weighted by Crippen LogP contribution is -2.05. The molecule has 0 aromatic heterocycles. The summed E-state index contributed by atoms with van der Waals surface area (Å²) in [6.45, 7) is 10.3. The van der Waals surface area contributed by atoms with Gasteiger partial charge in [0.25, 0.3) is 0 Å². The maximum atomic E-state index is 9.28. The van der Waals surface area contributed by atoms with Crippen LogP contribution in [0.4, 0.5) is 0 Å². The standard InChI is InChI=1S/C21H27N3O/c1-14(2)25-16(4)18(11-22)10-15(3)12-24-13-17-6-5-7-20-19(17)8-9-21(20)23/h5-7,10,12,14-15,21H,4,8-9,13,23H2,1-3H3/b18-10-,24-12?. The first-order valence-corrected chi connectivity index (χ1v) is 8.76. The number of ether oxygens (including phenoxy) is 1. The molecule has 0 spiro atoms. The summed E-state index contributed by atoms with van der Waals surface area (Å²) in [4.78, 5) is 4.56. The van der Waals surface area contributed by atoms with Gasteiger partial charge in [0.2, 0.25) is 0 Å². The molecule has 0 fully saturated rings. The molecule has 1 aromatic carbocycles. The highest BCUT2D eigenvalue weighted by molar-refractivity contribution is 5.64. The Balaban J connectivity index is 2.02. The number of rotatable bonds is 7. The minimum Gasteiger partial charge on any atom is -0.490 e. The minimum atomic E-state index is -0.000213. The van der Waals surface area contributed by atoms with Crippen molar-refractivity contribution in [3.8, 4) is 6.07 Å². The molecular weight excluding hydrogens is 310 g/mol. The topological polar surface area (TPSA) is 71.4 Å². The zero-order chi connectivity index (χ0) is 18.4. The molecule has 1 aliphatic rings. The molecule has 0 amide bonds. The van der Waals surface area contributed by atoms with Crippen LogP contribution in [0.2, 0.25) is 0 Å². The number of allylic oxidation sites excluding steroid dienone is 2. The Morgan fingerprint density at radius 2 is 2.24 bits per heavy atom. The summed E-state index contributed by atoms with van der Waals surface area (Å²) in [6, 6.07) is 8.59. The molecule has 0 saturated heterocycles. The Hall–Kier alpha value is -2.38. The molecule has 1 aromatic rings. The predicted molar refractivity (Wildman–Crippen MR) is 102 cm³/mol. The first-order valence-electron chi connectivity index (χ1n) is 8.76. The molecule has 0 saturated carbocycles. The lowest BCUT2D eigenvalue weighted by Gasteiger charge is -2.12. The van der Waals surface area contributed by atoms with Gasteiger partial charge >= 0.3 is 0 Å². The number of fused-ring (bicyclic) bond motifs is 1. The molecule has 0 aliphatic heterocycles. The highest BCUT2D eigenvalue weighted by atomic mass is 16.5. The smallest absolute Gasteiger partial charge is 0.129 e. The number of nitriles is 1. The first kappa shape index (κ1) is 19.0. The molecule has 2 rings (SSSR count). The Morgan fingerprint density at radius 3 is 2.92 bits per heavy atom. The fourth-order valence-electron chi connectivity index (χ4n) is 3.07. The van der Waals surface area contributed by atoms with E-state index in [-0.39, 0.29) is 18.1 Å². The summed E-state index contributed by atoms with van der Waals surface area (Å²) in [5, 5.41) is 9.28. The Labute approximate surface area is 150 Å². The zero-order valence-corrected chi connectivity index (χ0v) is 15.3. The van der Waals surface area contributed by atoms with E-state index >= 15 is 0 Å². The molecule has 0 heterocycles. The van der Waals surface area contributed by atoms with Crippen LogP contribution < -0.4 is 5.73 Å². The van der Waals surface area contributed by atoms with E-state index in [2.05, 4.69) is 35.8 Å². The van der Waals surface area contributed by atoms with Crippen LogP contribution in [0.15, 0.2) is 47.2 Å². The fourth-order valence-corrected chi connectivity index (χ4v) is 3.07. The van der Waals surface area contributed by atoms with Crippen molar-refractivity contribution >= 4 is 6.21 Å². The van der Waals surface area contributed by atoms with Crippen LogP contribution in [0.3, 0.4) is 0 Å². The van der Waals surface area contributed by atoms with Crippen LogP contribution in [0.5, 0.6) is 0 Å². The number of benzene rings is 1. The number of nitrogens with zero attached hydrogens (tertiary/aromatic N) is 2. The van der Waals surface area contributed by atoms with Crippen molar-refractivity contribution in [1.29, 1.82) is 5.26 Å². The SMILES string of the molecule is C=C(OC(C)C)/C(C#N)=C\C(C)C=NCc1cccc2c1CCC2N. The van der Waals surface area contributed by atoms with Crippen molar-refractivity contribution in [3.05, 3.63) is 58.9 Å². The zero-order valence-electron chi connectivity index (χ0n) is 15.3. The van der Waals surface area contributed by atoms with Crippen molar-refractivity contribution in [2.75, 3.05) is 0 Å². The van der Waals surface area contributed by atoms with E-state index in [0.29, 0.717) is 17.9 Å². The van der Waals surface area contributed by atoms with Gasteiger partial charge in [0.1, 0.15) is 11.8 Å². The van der Waals surface area contributed by atoms with Crippen LogP contribution in [0, 0.1) is 17.2 Å². The molecule has 25 heavy (non-hydrogen) atoms. The van der Waals surface area contributed by atoms with Gasteiger partial charge in [-0.15, -0.1) is 0 Å². The lowest BCUT2D eigenvalue weighted by atomic mass is 10.0. The van der Waals surface area contributed by atoms with Crippen LogP contribution in [-0.2, 0) is 17.7 Å². The van der Waals surface area contributed by atoms with Crippen molar-refractivity contribution in [1.82, 2.24) is 0 Å². The molecular formula is C21H27N3O. The van der Waals surface area contributed by atoms with Gasteiger partial charge in [0, 0.05) is 18.2 Å². The molecule has 0 bridgehead atoms. The Bertz CT molecular complexity index is 725. The number of aliphatic imine (C=N–C) groups is 1. The largest absolute Gasteiger partial charge is 0.490 e. The van der Waals surface area contributed by atoms with E-state index < -0.39 is 0 Å². The summed E-state index contributed by atoms with van der Waals surface area (Å²) in [7, 11) is 0.